The lowest BCUT2D eigenvalue weighted by molar-refractivity contribution is -0.133. The van der Waals surface area contributed by atoms with Crippen LogP contribution in [0, 0.1) is 19.8 Å². The molecule has 0 unspecified atom stereocenters. The molecule has 1 aliphatic carbocycles. The van der Waals surface area contributed by atoms with Gasteiger partial charge in [0.25, 0.3) is 0 Å². The molecule has 1 N–H and O–H groups in total. The highest BCUT2D eigenvalue weighted by Crippen LogP contribution is 2.33. The molecule has 138 valence electrons. The smallest absolute Gasteiger partial charge is 0.355 e. The van der Waals surface area contributed by atoms with Crippen LogP contribution < -0.4 is 0 Å². The Labute approximate surface area is 154 Å². The first-order chi connectivity index (χ1) is 12.5. The normalized spacial score (nSPS) is 13.5. The highest BCUT2D eigenvalue weighted by Gasteiger charge is 2.34. The molecule has 0 bridgehead atoms. The number of aryl methyl sites for hydroxylation is 1. The summed E-state index contributed by atoms with van der Waals surface area (Å²) in [5, 5.41) is 0. The molecule has 0 atom stereocenters. The van der Waals surface area contributed by atoms with E-state index in [0.29, 0.717) is 25.4 Å². The Morgan fingerprint density at radius 2 is 1.85 bits per heavy atom. The Kier molecular flexibility index (Phi) is 5.45. The molecule has 0 saturated heterocycles. The molecule has 3 rings (SSSR count). The third kappa shape index (κ3) is 3.98. The van der Waals surface area contributed by atoms with Crippen LogP contribution in [-0.4, -0.2) is 28.4 Å². The molecule has 2 aromatic rings. The summed E-state index contributed by atoms with van der Waals surface area (Å²) in [7, 11) is 0. The minimum atomic E-state index is -0.345. The molecule has 1 aromatic heterocycles. The number of aromatic amines is 1. The van der Waals surface area contributed by atoms with E-state index >= 15 is 0 Å². The van der Waals surface area contributed by atoms with Gasteiger partial charge in [0, 0.05) is 24.7 Å². The second kappa shape index (κ2) is 7.77. The maximum absolute atomic E-state index is 12.8. The first kappa shape index (κ1) is 18.2. The summed E-state index contributed by atoms with van der Waals surface area (Å²) >= 11 is 0. The number of carbonyl (C=O) groups excluding carboxylic acids is 2. The fraction of sp³-hybridized carbons (Fsp3) is 0.429. The first-order valence-electron chi connectivity index (χ1n) is 9.19. The lowest BCUT2D eigenvalue weighted by Crippen LogP contribution is -2.31. The van der Waals surface area contributed by atoms with Gasteiger partial charge in [0.05, 0.1) is 6.61 Å². The van der Waals surface area contributed by atoms with Gasteiger partial charge in [0.15, 0.2) is 0 Å². The van der Waals surface area contributed by atoms with Crippen molar-refractivity contribution >= 4 is 11.9 Å². The van der Waals surface area contributed by atoms with Crippen molar-refractivity contribution in [1.29, 1.82) is 0 Å². The number of hydrogen-bond acceptors (Lipinski definition) is 3. The number of amides is 1. The Morgan fingerprint density at radius 3 is 2.46 bits per heavy atom. The van der Waals surface area contributed by atoms with E-state index in [0.717, 1.165) is 35.2 Å². The van der Waals surface area contributed by atoms with Crippen LogP contribution in [-0.2, 0) is 22.6 Å². The van der Waals surface area contributed by atoms with Crippen LogP contribution in [0.4, 0.5) is 0 Å². The van der Waals surface area contributed by atoms with Crippen LogP contribution in [0.5, 0.6) is 0 Å². The van der Waals surface area contributed by atoms with Crippen LogP contribution in [0.25, 0.3) is 0 Å². The molecule has 1 saturated carbocycles. The fourth-order valence-corrected chi connectivity index (χ4v) is 3.23. The fourth-order valence-electron chi connectivity index (χ4n) is 3.23. The zero-order chi connectivity index (χ0) is 18.7. The standard InChI is InChI=1S/C21H26N2O3/c1-4-26-21(25)19-14(2)18(15(3)22-19)13-23(20(24)17-10-11-17)12-16-8-6-5-7-9-16/h5-9,17,22H,4,10-13H2,1-3H3. The monoisotopic (exact) mass is 354 g/mol. The predicted octanol–water partition coefficient (Wildman–Crippen LogP) is 3.75. The van der Waals surface area contributed by atoms with E-state index in [1.165, 1.54) is 0 Å². The molecule has 1 fully saturated rings. The summed E-state index contributed by atoms with van der Waals surface area (Å²) in [6.07, 6.45) is 1.95. The van der Waals surface area contributed by atoms with Gasteiger partial charge >= 0.3 is 5.97 Å². The molecule has 5 heteroatoms. The average molecular weight is 354 g/mol. The molecule has 1 amide bonds. The number of aromatic nitrogens is 1. The molecular weight excluding hydrogens is 328 g/mol. The van der Waals surface area contributed by atoms with E-state index in [1.807, 2.05) is 49.1 Å². The second-order valence-corrected chi connectivity index (χ2v) is 6.90. The number of carbonyl (C=O) groups is 2. The summed E-state index contributed by atoms with van der Waals surface area (Å²) in [6, 6.07) is 10.0. The highest BCUT2D eigenvalue weighted by atomic mass is 16.5. The Morgan fingerprint density at radius 1 is 1.15 bits per heavy atom. The molecule has 1 heterocycles. The number of nitrogens with zero attached hydrogens (tertiary/aromatic N) is 1. The predicted molar refractivity (Wildman–Crippen MR) is 99.6 cm³/mol. The number of esters is 1. The van der Waals surface area contributed by atoms with E-state index in [9.17, 15) is 9.59 Å². The van der Waals surface area contributed by atoms with Crippen molar-refractivity contribution in [2.24, 2.45) is 5.92 Å². The van der Waals surface area contributed by atoms with E-state index in [1.54, 1.807) is 6.92 Å². The minimum absolute atomic E-state index is 0.155. The minimum Gasteiger partial charge on any atom is -0.461 e. The first-order valence-corrected chi connectivity index (χ1v) is 9.19. The van der Waals surface area contributed by atoms with Crippen molar-refractivity contribution < 1.29 is 14.3 Å². The summed E-state index contributed by atoms with van der Waals surface area (Å²) < 4.78 is 5.12. The summed E-state index contributed by atoms with van der Waals surface area (Å²) in [4.78, 5) is 30.0. The van der Waals surface area contributed by atoms with Gasteiger partial charge in [-0.3, -0.25) is 4.79 Å². The number of rotatable bonds is 7. The largest absolute Gasteiger partial charge is 0.461 e. The molecule has 0 spiro atoms. The van der Waals surface area contributed by atoms with E-state index in [-0.39, 0.29) is 17.8 Å². The SMILES string of the molecule is CCOC(=O)c1[nH]c(C)c(CN(Cc2ccccc2)C(=O)C2CC2)c1C. The van der Waals surface area contributed by atoms with Crippen LogP contribution in [0.15, 0.2) is 30.3 Å². The van der Waals surface area contributed by atoms with Crippen molar-refractivity contribution in [2.75, 3.05) is 6.61 Å². The zero-order valence-electron chi connectivity index (χ0n) is 15.7. The van der Waals surface area contributed by atoms with Crippen LogP contribution in [0.1, 0.15) is 52.6 Å². The molecule has 0 radical (unpaired) electrons. The van der Waals surface area contributed by atoms with Crippen molar-refractivity contribution in [3.05, 3.63) is 58.4 Å². The van der Waals surface area contributed by atoms with Crippen LogP contribution in [0.3, 0.4) is 0 Å². The number of hydrogen-bond donors (Lipinski definition) is 1. The number of ether oxygens (including phenoxy) is 1. The molecule has 5 nitrogen and oxygen atoms in total. The highest BCUT2D eigenvalue weighted by molar-refractivity contribution is 5.90. The number of H-pyrrole nitrogens is 1. The summed E-state index contributed by atoms with van der Waals surface area (Å²) in [6.45, 7) is 7.05. The van der Waals surface area contributed by atoms with Crippen molar-refractivity contribution in [3.8, 4) is 0 Å². The van der Waals surface area contributed by atoms with E-state index in [4.69, 9.17) is 4.74 Å². The lowest BCUT2D eigenvalue weighted by Gasteiger charge is -2.23. The van der Waals surface area contributed by atoms with Gasteiger partial charge in [-0.15, -0.1) is 0 Å². The van der Waals surface area contributed by atoms with Crippen LogP contribution in [0.2, 0.25) is 0 Å². The maximum Gasteiger partial charge on any atom is 0.355 e. The zero-order valence-corrected chi connectivity index (χ0v) is 15.7. The quantitative estimate of drug-likeness (QED) is 0.770. The van der Waals surface area contributed by atoms with Crippen molar-refractivity contribution in [2.45, 2.75) is 46.7 Å². The average Bonchev–Trinajstić information content (AvgIpc) is 3.44. The molecule has 1 aromatic carbocycles. The van der Waals surface area contributed by atoms with Crippen molar-refractivity contribution in [3.63, 3.8) is 0 Å². The molecule has 26 heavy (non-hydrogen) atoms. The summed E-state index contributed by atoms with van der Waals surface area (Å²) in [5.41, 5.74) is 4.36. The molecular formula is C21H26N2O3. The molecule has 1 aliphatic rings. The topological polar surface area (TPSA) is 62.4 Å². The lowest BCUT2D eigenvalue weighted by atomic mass is 10.1. The van der Waals surface area contributed by atoms with E-state index in [2.05, 4.69) is 4.98 Å². The van der Waals surface area contributed by atoms with Gasteiger partial charge in [-0.05, 0) is 50.3 Å². The number of benzene rings is 1. The Balaban J connectivity index is 1.84. The van der Waals surface area contributed by atoms with Crippen LogP contribution >= 0.6 is 0 Å². The Hall–Kier alpha value is -2.56. The van der Waals surface area contributed by atoms with E-state index < -0.39 is 0 Å². The van der Waals surface area contributed by atoms with Gasteiger partial charge in [0.2, 0.25) is 5.91 Å². The second-order valence-electron chi connectivity index (χ2n) is 6.90. The van der Waals surface area contributed by atoms with Gasteiger partial charge in [-0.1, -0.05) is 30.3 Å². The molecule has 0 aliphatic heterocycles. The van der Waals surface area contributed by atoms with Gasteiger partial charge in [-0.25, -0.2) is 4.79 Å². The van der Waals surface area contributed by atoms with Gasteiger partial charge < -0.3 is 14.6 Å². The third-order valence-corrected chi connectivity index (χ3v) is 4.88. The Bertz CT molecular complexity index is 791. The van der Waals surface area contributed by atoms with Crippen molar-refractivity contribution in [1.82, 2.24) is 9.88 Å². The van der Waals surface area contributed by atoms with Gasteiger partial charge in [0.1, 0.15) is 5.69 Å². The summed E-state index contributed by atoms with van der Waals surface area (Å²) in [5.74, 6) is 0.0109. The number of nitrogens with one attached hydrogen (secondary N) is 1. The maximum atomic E-state index is 12.8. The third-order valence-electron chi connectivity index (χ3n) is 4.88. The van der Waals surface area contributed by atoms with Gasteiger partial charge in [-0.2, -0.15) is 0 Å².